The van der Waals surface area contributed by atoms with Gasteiger partial charge in [0.15, 0.2) is 8.07 Å². The largest absolute Gasteiger partial charge is 0.336 e. The van der Waals surface area contributed by atoms with Crippen LogP contribution in [0.1, 0.15) is 20.8 Å². The summed E-state index contributed by atoms with van der Waals surface area (Å²) >= 11 is 0. The van der Waals surface area contributed by atoms with E-state index >= 15 is 0 Å². The smallest absolute Gasteiger partial charge is 0.185 e. The Morgan fingerprint density at radius 3 is 1.30 bits per heavy atom. The van der Waals surface area contributed by atoms with E-state index < -0.39 is 8.07 Å². The summed E-state index contributed by atoms with van der Waals surface area (Å²) in [5.41, 5.74) is 5.53. The van der Waals surface area contributed by atoms with Gasteiger partial charge in [0.05, 0.1) is 0 Å². The van der Waals surface area contributed by atoms with E-state index in [4.69, 9.17) is 0 Å². The third-order valence-electron chi connectivity index (χ3n) is 6.72. The van der Waals surface area contributed by atoms with Crippen LogP contribution in [0.5, 0.6) is 0 Å². The van der Waals surface area contributed by atoms with Crippen molar-refractivity contribution in [1.29, 1.82) is 0 Å². The number of para-hydroxylation sites is 2. The van der Waals surface area contributed by atoms with Crippen LogP contribution < -0.4 is 25.6 Å². The van der Waals surface area contributed by atoms with E-state index in [9.17, 15) is 0 Å². The molecule has 2 aliphatic heterocycles. The van der Waals surface area contributed by atoms with Crippen molar-refractivity contribution >= 4 is 40.2 Å². The molecule has 0 amide bonds. The molecule has 0 bridgehead atoms. The quantitative estimate of drug-likeness (QED) is 0.349. The number of rotatable bonds is 0. The fourth-order valence-electron chi connectivity index (χ4n) is 5.78. The lowest BCUT2D eigenvalue weighted by molar-refractivity contribution is 0.561. The maximum Gasteiger partial charge on any atom is 0.185 e. The molecule has 0 aromatic heterocycles. The second-order valence-corrected chi connectivity index (χ2v) is 13.0. The summed E-state index contributed by atoms with van der Waals surface area (Å²) in [6.45, 7) is 6.95. The molecule has 0 aliphatic carbocycles. The molecule has 4 aromatic rings. The van der Waals surface area contributed by atoms with E-state index in [0.717, 1.165) is 0 Å². The molecule has 0 atom stereocenters. The predicted molar refractivity (Wildman–Crippen MR) is 131 cm³/mol. The van der Waals surface area contributed by atoms with E-state index in [1.54, 1.807) is 0 Å². The number of anilines is 2. The van der Waals surface area contributed by atoms with Crippen LogP contribution in [0.15, 0.2) is 97.1 Å². The molecule has 0 saturated carbocycles. The van der Waals surface area contributed by atoms with Crippen molar-refractivity contribution in [2.24, 2.45) is 0 Å². The highest BCUT2D eigenvalue weighted by Crippen LogP contribution is 2.40. The Bertz CT molecular complexity index is 1200. The van der Waals surface area contributed by atoms with Crippen LogP contribution in [-0.4, -0.2) is 13.6 Å². The average Bonchev–Trinajstić information content (AvgIpc) is 3.05. The molecule has 0 saturated heterocycles. The molecule has 0 unspecified atom stereocenters. The Balaban J connectivity index is 1.84. The number of benzene rings is 4. The molecule has 6 rings (SSSR count). The van der Waals surface area contributed by atoms with Gasteiger partial charge < -0.3 is 4.90 Å². The van der Waals surface area contributed by atoms with E-state index in [0.29, 0.717) is 0 Å². The van der Waals surface area contributed by atoms with Gasteiger partial charge in [0.2, 0.25) is 0 Å². The average molecular weight is 404 g/mol. The van der Waals surface area contributed by atoms with E-state index in [2.05, 4.69) is 123 Å². The molecular weight excluding hydrogens is 378 g/mol. The van der Waals surface area contributed by atoms with E-state index in [1.807, 2.05) is 0 Å². The highest BCUT2D eigenvalue weighted by molar-refractivity contribution is 7.23. The van der Waals surface area contributed by atoms with Crippen molar-refractivity contribution in [2.75, 3.05) is 4.90 Å². The first-order valence-electron chi connectivity index (χ1n) is 10.7. The van der Waals surface area contributed by atoms with Gasteiger partial charge in [-0.15, -0.1) is 0 Å². The lowest BCUT2D eigenvalue weighted by Crippen LogP contribution is -2.76. The minimum absolute atomic E-state index is 0.0140. The molecule has 2 heterocycles. The maximum atomic E-state index is 2.56. The first-order chi connectivity index (χ1) is 14.5. The van der Waals surface area contributed by atoms with Crippen molar-refractivity contribution in [1.82, 2.24) is 0 Å². The number of nitrogens with zero attached hydrogens (tertiary/aromatic N) is 1. The first-order valence-corrected chi connectivity index (χ1v) is 12.7. The second kappa shape index (κ2) is 5.96. The van der Waals surface area contributed by atoms with Crippen LogP contribution in [-0.2, 0) is 0 Å². The highest BCUT2D eigenvalue weighted by atomic mass is 28.3. The molecular formula is C28H25NSi. The Morgan fingerprint density at radius 1 is 0.500 bits per heavy atom. The molecule has 2 heteroatoms. The zero-order valence-corrected chi connectivity index (χ0v) is 18.7. The van der Waals surface area contributed by atoms with Gasteiger partial charge in [-0.1, -0.05) is 84.9 Å². The summed E-state index contributed by atoms with van der Waals surface area (Å²) in [7, 11) is -2.36. The number of hydrogen-bond acceptors (Lipinski definition) is 1. The van der Waals surface area contributed by atoms with E-state index in [-0.39, 0.29) is 5.54 Å². The van der Waals surface area contributed by atoms with Crippen LogP contribution in [0.4, 0.5) is 11.4 Å². The molecule has 1 nitrogen and oxygen atoms in total. The van der Waals surface area contributed by atoms with Crippen molar-refractivity contribution in [2.45, 2.75) is 26.3 Å². The fourth-order valence-corrected chi connectivity index (χ4v) is 11.3. The Morgan fingerprint density at radius 2 is 0.867 bits per heavy atom. The van der Waals surface area contributed by atoms with Crippen LogP contribution in [0.3, 0.4) is 0 Å². The van der Waals surface area contributed by atoms with Crippen LogP contribution >= 0.6 is 0 Å². The highest BCUT2D eigenvalue weighted by Gasteiger charge is 2.54. The van der Waals surface area contributed by atoms with Crippen LogP contribution in [0.25, 0.3) is 11.1 Å². The molecule has 0 radical (unpaired) electrons. The molecule has 0 fully saturated rings. The first kappa shape index (κ1) is 17.7. The van der Waals surface area contributed by atoms with Crippen molar-refractivity contribution < 1.29 is 0 Å². The molecule has 30 heavy (non-hydrogen) atoms. The van der Waals surface area contributed by atoms with Crippen LogP contribution in [0, 0.1) is 0 Å². The maximum absolute atomic E-state index is 2.56. The Hall–Kier alpha value is -3.10. The van der Waals surface area contributed by atoms with Gasteiger partial charge in [0.25, 0.3) is 0 Å². The summed E-state index contributed by atoms with van der Waals surface area (Å²) in [6, 6.07) is 36.5. The fraction of sp³-hybridized carbons (Fsp3) is 0.143. The Labute approximate surface area is 179 Å². The third kappa shape index (κ3) is 2.07. The zero-order valence-electron chi connectivity index (χ0n) is 17.7. The zero-order chi connectivity index (χ0) is 20.5. The lowest BCUT2D eigenvalue weighted by Gasteiger charge is -2.48. The molecule has 0 N–H and O–H groups in total. The third-order valence-corrected chi connectivity index (χ3v) is 11.7. The molecule has 1 spiro atoms. The van der Waals surface area contributed by atoms with Crippen LogP contribution in [0.2, 0.25) is 0 Å². The Kier molecular flexibility index (Phi) is 3.52. The number of fused-ring (bicyclic) bond motifs is 9. The standard InChI is InChI=1S/C28H25NSi/c1-28(2,3)29-22-14-6-10-18-26(22)30(27-19-11-7-15-23(27)29)24-16-8-4-12-20(24)21-13-5-9-17-25(21)30/h4-19H,1-3H3. The van der Waals surface area contributed by atoms with Crippen molar-refractivity contribution in [3.05, 3.63) is 97.1 Å². The summed E-state index contributed by atoms with van der Waals surface area (Å²) in [5.74, 6) is 0. The second-order valence-electron chi connectivity index (χ2n) is 9.38. The summed E-state index contributed by atoms with van der Waals surface area (Å²) in [6.07, 6.45) is 0. The lowest BCUT2D eigenvalue weighted by atomic mass is 10.0. The minimum atomic E-state index is -2.36. The summed E-state index contributed by atoms with van der Waals surface area (Å²) in [5, 5.41) is 6.08. The van der Waals surface area contributed by atoms with Gasteiger partial charge in [0, 0.05) is 16.9 Å². The van der Waals surface area contributed by atoms with Crippen molar-refractivity contribution in [3.8, 4) is 11.1 Å². The van der Waals surface area contributed by atoms with Gasteiger partial charge in [-0.2, -0.15) is 0 Å². The van der Waals surface area contributed by atoms with Gasteiger partial charge in [-0.05, 0) is 64.8 Å². The van der Waals surface area contributed by atoms with Gasteiger partial charge >= 0.3 is 0 Å². The molecule has 4 aromatic carbocycles. The van der Waals surface area contributed by atoms with Crippen molar-refractivity contribution in [3.63, 3.8) is 0 Å². The summed E-state index contributed by atoms with van der Waals surface area (Å²) in [4.78, 5) is 2.56. The molecule has 2 aliphatic rings. The minimum Gasteiger partial charge on any atom is -0.336 e. The monoisotopic (exact) mass is 403 g/mol. The molecule has 146 valence electrons. The summed E-state index contributed by atoms with van der Waals surface area (Å²) < 4.78 is 0. The normalized spacial score (nSPS) is 15.4. The topological polar surface area (TPSA) is 3.24 Å². The number of hydrogen-bond donors (Lipinski definition) is 0. The van der Waals surface area contributed by atoms with Gasteiger partial charge in [-0.25, -0.2) is 0 Å². The predicted octanol–water partition coefficient (Wildman–Crippen LogP) is 4.29. The van der Waals surface area contributed by atoms with Gasteiger partial charge in [-0.3, -0.25) is 0 Å². The van der Waals surface area contributed by atoms with Gasteiger partial charge in [0.1, 0.15) is 0 Å². The SMILES string of the molecule is CC(C)(C)N1c2ccccc2[Si]2(c3ccccc3-c3ccccc32)c2ccccc21. The van der Waals surface area contributed by atoms with E-state index in [1.165, 1.54) is 43.2 Å².